The van der Waals surface area contributed by atoms with Crippen molar-refractivity contribution in [3.8, 4) is 11.4 Å². The summed E-state index contributed by atoms with van der Waals surface area (Å²) in [5.41, 5.74) is 1.98. The number of imidazole rings is 1. The summed E-state index contributed by atoms with van der Waals surface area (Å²) >= 11 is 1.32. The minimum atomic E-state index is -2.63. The Kier molecular flexibility index (Phi) is 6.61. The molecule has 0 fully saturated rings. The first-order chi connectivity index (χ1) is 15.2. The van der Waals surface area contributed by atoms with Crippen LogP contribution >= 0.6 is 11.8 Å². The highest BCUT2D eigenvalue weighted by Crippen LogP contribution is 2.28. The molecule has 160 valence electrons. The van der Waals surface area contributed by atoms with Crippen LogP contribution in [0.1, 0.15) is 30.7 Å². The smallest absolute Gasteiger partial charge is 0.319 e. The lowest BCUT2D eigenvalue weighted by molar-refractivity contribution is 0.0678. The highest BCUT2D eigenvalue weighted by molar-refractivity contribution is 7.98. The fourth-order valence-corrected chi connectivity index (χ4v) is 4.09. The summed E-state index contributed by atoms with van der Waals surface area (Å²) in [5.74, 6) is 2.07. The molecule has 0 aliphatic heterocycles. The molecule has 0 N–H and O–H groups in total. The Morgan fingerprint density at radius 2 is 1.77 bits per heavy atom. The molecule has 2 heterocycles. The van der Waals surface area contributed by atoms with E-state index in [1.165, 1.54) is 24.2 Å². The zero-order valence-electron chi connectivity index (χ0n) is 16.9. The van der Waals surface area contributed by atoms with Crippen LogP contribution in [0, 0.1) is 0 Å². The molecule has 0 bridgehead atoms. The first-order valence-corrected chi connectivity index (χ1v) is 10.8. The van der Waals surface area contributed by atoms with Crippen molar-refractivity contribution >= 4 is 11.8 Å². The molecule has 6 nitrogen and oxygen atoms in total. The molecule has 0 aliphatic rings. The molecular formula is C22H21F2N5OS. The summed E-state index contributed by atoms with van der Waals surface area (Å²) < 4.78 is 34.6. The number of thioether (sulfide) groups is 1. The largest absolute Gasteiger partial charge is 0.494 e. The molecule has 0 atom stereocenters. The maximum atomic E-state index is 13.1. The summed E-state index contributed by atoms with van der Waals surface area (Å²) in [4.78, 5) is 4.05. The molecule has 9 heteroatoms. The summed E-state index contributed by atoms with van der Waals surface area (Å²) in [6, 6.07) is 17.6. The molecule has 0 saturated carbocycles. The van der Waals surface area contributed by atoms with Crippen LogP contribution in [0.2, 0.25) is 0 Å². The predicted molar refractivity (Wildman–Crippen MR) is 115 cm³/mol. The summed E-state index contributed by atoms with van der Waals surface area (Å²) in [6.45, 7) is -0.108. The molecule has 0 spiro atoms. The van der Waals surface area contributed by atoms with E-state index in [1.54, 1.807) is 0 Å². The third-order valence-corrected chi connectivity index (χ3v) is 5.53. The van der Waals surface area contributed by atoms with Crippen molar-refractivity contribution in [2.75, 3.05) is 6.61 Å². The number of aromatic nitrogens is 5. The standard InChI is InChI=1S/C22H21F2N5OS/c1-2-30-18-10-8-17(9-11-18)29-19(14-16-6-4-3-5-7-16)26-27-22(29)31-15-20-25-12-13-28(20)21(23)24/h3-13,21H,2,14-15H2,1H3. The lowest BCUT2D eigenvalue weighted by atomic mass is 10.1. The Hall–Kier alpha value is -3.20. The van der Waals surface area contributed by atoms with Gasteiger partial charge in [-0.3, -0.25) is 9.13 Å². The second-order valence-corrected chi connectivity index (χ2v) is 7.58. The van der Waals surface area contributed by atoms with E-state index in [9.17, 15) is 8.78 Å². The van der Waals surface area contributed by atoms with Gasteiger partial charge >= 0.3 is 6.55 Å². The first-order valence-electron chi connectivity index (χ1n) is 9.80. The van der Waals surface area contributed by atoms with Gasteiger partial charge in [-0.2, -0.15) is 8.78 Å². The van der Waals surface area contributed by atoms with Crippen LogP contribution < -0.4 is 4.74 Å². The highest BCUT2D eigenvalue weighted by atomic mass is 32.2. The fourth-order valence-electron chi connectivity index (χ4n) is 3.17. The second kappa shape index (κ2) is 9.74. The predicted octanol–water partition coefficient (Wildman–Crippen LogP) is 5.14. The molecule has 4 rings (SSSR count). The Labute approximate surface area is 182 Å². The van der Waals surface area contributed by atoms with Crippen LogP contribution in [-0.2, 0) is 12.2 Å². The number of nitrogens with zero attached hydrogens (tertiary/aromatic N) is 5. The van der Waals surface area contributed by atoms with Gasteiger partial charge in [0.05, 0.1) is 12.4 Å². The molecule has 0 aliphatic carbocycles. The molecule has 0 unspecified atom stereocenters. The van der Waals surface area contributed by atoms with E-state index in [4.69, 9.17) is 4.74 Å². The molecule has 2 aromatic heterocycles. The fraction of sp³-hybridized carbons (Fsp3) is 0.227. The lowest BCUT2D eigenvalue weighted by Gasteiger charge is -2.12. The third-order valence-electron chi connectivity index (χ3n) is 4.60. The monoisotopic (exact) mass is 441 g/mol. The minimum absolute atomic E-state index is 0.248. The van der Waals surface area contributed by atoms with Crippen LogP contribution in [0.3, 0.4) is 0 Å². The van der Waals surface area contributed by atoms with Crippen molar-refractivity contribution in [2.45, 2.75) is 30.8 Å². The second-order valence-electron chi connectivity index (χ2n) is 6.64. The van der Waals surface area contributed by atoms with Crippen LogP contribution in [0.25, 0.3) is 5.69 Å². The van der Waals surface area contributed by atoms with E-state index in [0.717, 1.165) is 27.4 Å². The van der Waals surface area contributed by atoms with Crippen LogP contribution in [0.4, 0.5) is 8.78 Å². The van der Waals surface area contributed by atoms with E-state index in [1.807, 2.05) is 66.1 Å². The number of halogens is 2. The van der Waals surface area contributed by atoms with E-state index < -0.39 is 6.55 Å². The van der Waals surface area contributed by atoms with Crippen LogP contribution in [0.5, 0.6) is 5.75 Å². The Morgan fingerprint density at radius 3 is 2.48 bits per heavy atom. The van der Waals surface area contributed by atoms with E-state index in [0.29, 0.717) is 18.2 Å². The average Bonchev–Trinajstić information content (AvgIpc) is 3.41. The van der Waals surface area contributed by atoms with Gasteiger partial charge in [-0.15, -0.1) is 10.2 Å². The summed E-state index contributed by atoms with van der Waals surface area (Å²) in [5, 5.41) is 9.34. The summed E-state index contributed by atoms with van der Waals surface area (Å²) in [7, 11) is 0. The van der Waals surface area contributed by atoms with Crippen LogP contribution in [-0.4, -0.2) is 30.9 Å². The topological polar surface area (TPSA) is 57.8 Å². The molecule has 0 saturated heterocycles. The van der Waals surface area contributed by atoms with Crippen molar-refractivity contribution in [3.63, 3.8) is 0 Å². The van der Waals surface area contributed by atoms with Gasteiger partial charge in [0, 0.05) is 24.5 Å². The van der Waals surface area contributed by atoms with Gasteiger partial charge in [0.25, 0.3) is 0 Å². The zero-order chi connectivity index (χ0) is 21.6. The van der Waals surface area contributed by atoms with Crippen molar-refractivity contribution in [1.82, 2.24) is 24.3 Å². The van der Waals surface area contributed by atoms with Gasteiger partial charge in [-0.05, 0) is 36.8 Å². The van der Waals surface area contributed by atoms with Crippen molar-refractivity contribution < 1.29 is 13.5 Å². The first kappa shape index (κ1) is 21.0. The van der Waals surface area contributed by atoms with Crippen molar-refractivity contribution in [2.24, 2.45) is 0 Å². The van der Waals surface area contributed by atoms with Gasteiger partial charge in [-0.1, -0.05) is 42.1 Å². The number of hydrogen-bond donors (Lipinski definition) is 0. The maximum Gasteiger partial charge on any atom is 0.319 e. The van der Waals surface area contributed by atoms with E-state index in [-0.39, 0.29) is 11.6 Å². The average molecular weight is 442 g/mol. The quantitative estimate of drug-likeness (QED) is 0.337. The molecule has 4 aromatic rings. The maximum absolute atomic E-state index is 13.1. The lowest BCUT2D eigenvalue weighted by Crippen LogP contribution is -2.05. The molecular weight excluding hydrogens is 420 g/mol. The highest BCUT2D eigenvalue weighted by Gasteiger charge is 2.18. The van der Waals surface area contributed by atoms with E-state index in [2.05, 4.69) is 15.2 Å². The number of rotatable bonds is 9. The van der Waals surface area contributed by atoms with E-state index >= 15 is 0 Å². The van der Waals surface area contributed by atoms with Gasteiger partial charge in [0.1, 0.15) is 17.4 Å². The number of hydrogen-bond acceptors (Lipinski definition) is 5. The van der Waals surface area contributed by atoms with Gasteiger partial charge < -0.3 is 4.74 Å². The summed E-state index contributed by atoms with van der Waals surface area (Å²) in [6.07, 6.45) is 3.24. The Bertz CT molecular complexity index is 1110. The van der Waals surface area contributed by atoms with Gasteiger partial charge in [0.2, 0.25) is 0 Å². The molecule has 0 amide bonds. The number of benzene rings is 2. The SMILES string of the molecule is CCOc1ccc(-n2c(Cc3ccccc3)nnc2SCc2nccn2C(F)F)cc1. The number of ether oxygens (including phenoxy) is 1. The van der Waals surface area contributed by atoms with Gasteiger partial charge in [0.15, 0.2) is 5.16 Å². The minimum Gasteiger partial charge on any atom is -0.494 e. The van der Waals surface area contributed by atoms with Gasteiger partial charge in [-0.25, -0.2) is 4.98 Å². The zero-order valence-corrected chi connectivity index (χ0v) is 17.7. The third kappa shape index (κ3) is 4.93. The van der Waals surface area contributed by atoms with Crippen molar-refractivity contribution in [3.05, 3.63) is 84.2 Å². The van der Waals surface area contributed by atoms with Crippen LogP contribution in [0.15, 0.2) is 72.1 Å². The molecule has 0 radical (unpaired) electrons. The van der Waals surface area contributed by atoms with Crippen molar-refractivity contribution in [1.29, 1.82) is 0 Å². The molecule has 31 heavy (non-hydrogen) atoms. The Morgan fingerprint density at radius 1 is 1.00 bits per heavy atom. The molecule has 2 aromatic carbocycles. The number of alkyl halides is 2. The normalized spacial score (nSPS) is 11.2. The Balaban J connectivity index is 1.65.